The topological polar surface area (TPSA) is 197 Å². The third-order valence-electron chi connectivity index (χ3n) is 3.90. The van der Waals surface area contributed by atoms with Gasteiger partial charge in [0.25, 0.3) is 5.85 Å². The summed E-state index contributed by atoms with van der Waals surface area (Å²) in [5.41, 5.74) is 0.255. The standard InChI is InChI=1S/C12H13Cl2N4O9P/c13-7-4-8(17-12(14)16-7)18(2-15-4)9-6(20)5(19)3(27-9)1-26-11(10(21)22)28(23,24)25/h2-3,5-6,9,11,19-20H,1H2,(H,21,22)(H2,23,24,25)/t3-,5-,6-,9-,11?/m1/s1. The zero-order valence-corrected chi connectivity index (χ0v) is 15.9. The summed E-state index contributed by atoms with van der Waals surface area (Å²) in [7, 11) is -5.11. The molecule has 0 spiro atoms. The summed E-state index contributed by atoms with van der Waals surface area (Å²) in [4.78, 5) is 40.6. The molecule has 0 saturated carbocycles. The third-order valence-corrected chi connectivity index (χ3v) is 5.31. The molecular weight excluding hydrogens is 446 g/mol. The van der Waals surface area contributed by atoms with E-state index in [1.54, 1.807) is 0 Å². The summed E-state index contributed by atoms with van der Waals surface area (Å²) >= 11 is 11.7. The second-order valence-electron chi connectivity index (χ2n) is 5.77. The number of hydrogen-bond donors (Lipinski definition) is 5. The van der Waals surface area contributed by atoms with Crippen molar-refractivity contribution in [3.8, 4) is 0 Å². The molecule has 0 bridgehead atoms. The molecule has 5 N–H and O–H groups in total. The van der Waals surface area contributed by atoms with Crippen LogP contribution in [0.4, 0.5) is 0 Å². The Morgan fingerprint density at radius 3 is 2.61 bits per heavy atom. The average Bonchev–Trinajstić information content (AvgIpc) is 3.09. The molecule has 16 heteroatoms. The average molecular weight is 459 g/mol. The van der Waals surface area contributed by atoms with E-state index < -0.39 is 50.6 Å². The molecule has 1 fully saturated rings. The zero-order chi connectivity index (χ0) is 20.8. The molecule has 5 atom stereocenters. The SMILES string of the molecule is O=C(O)C(OC[C@H]1O[C@@H](n2cnc3c(Cl)nc(Cl)nc32)[C@H](O)[C@@H]1O)P(=O)(O)O. The van der Waals surface area contributed by atoms with Gasteiger partial charge in [-0.05, 0) is 11.6 Å². The zero-order valence-electron chi connectivity index (χ0n) is 13.5. The summed E-state index contributed by atoms with van der Waals surface area (Å²) in [5, 5.41) is 29.0. The number of aromatic nitrogens is 4. The predicted molar refractivity (Wildman–Crippen MR) is 90.7 cm³/mol. The number of aliphatic hydroxyl groups excluding tert-OH is 2. The van der Waals surface area contributed by atoms with E-state index in [1.165, 1.54) is 10.9 Å². The van der Waals surface area contributed by atoms with Crippen LogP contribution in [0, 0.1) is 0 Å². The number of nitrogens with zero attached hydrogens (tertiary/aromatic N) is 4. The molecule has 154 valence electrons. The van der Waals surface area contributed by atoms with E-state index in [0.717, 1.165) is 0 Å². The molecule has 0 aliphatic carbocycles. The van der Waals surface area contributed by atoms with Crippen LogP contribution >= 0.6 is 30.8 Å². The van der Waals surface area contributed by atoms with Crippen molar-refractivity contribution in [3.05, 3.63) is 16.8 Å². The van der Waals surface area contributed by atoms with Gasteiger partial charge in [0.05, 0.1) is 12.9 Å². The Bertz CT molecular complexity index is 953. The van der Waals surface area contributed by atoms with E-state index in [0.29, 0.717) is 0 Å². The Morgan fingerprint density at radius 2 is 2.00 bits per heavy atom. The van der Waals surface area contributed by atoms with Gasteiger partial charge in [-0.2, -0.15) is 4.98 Å². The maximum Gasteiger partial charge on any atom is 0.365 e. The number of carbonyl (C=O) groups is 1. The van der Waals surface area contributed by atoms with Crippen molar-refractivity contribution in [1.82, 2.24) is 19.5 Å². The summed E-state index contributed by atoms with van der Waals surface area (Å²) in [5.74, 6) is -4.33. The molecule has 1 aliphatic heterocycles. The van der Waals surface area contributed by atoms with Gasteiger partial charge in [0.1, 0.15) is 23.8 Å². The fourth-order valence-corrected chi connectivity index (χ4v) is 3.63. The highest BCUT2D eigenvalue weighted by molar-refractivity contribution is 7.53. The first-order valence-electron chi connectivity index (χ1n) is 7.47. The van der Waals surface area contributed by atoms with Crippen LogP contribution in [-0.2, 0) is 18.8 Å². The van der Waals surface area contributed by atoms with Gasteiger partial charge >= 0.3 is 13.6 Å². The normalized spacial score (nSPS) is 26.6. The monoisotopic (exact) mass is 458 g/mol. The van der Waals surface area contributed by atoms with Crippen molar-refractivity contribution in [2.45, 2.75) is 30.4 Å². The largest absolute Gasteiger partial charge is 0.479 e. The number of fused-ring (bicyclic) bond motifs is 1. The number of carboxylic acid groups (broad SMARTS) is 1. The molecule has 0 aromatic carbocycles. The first-order chi connectivity index (χ1) is 13.0. The number of hydrogen-bond acceptors (Lipinski definition) is 9. The number of imidazole rings is 1. The molecule has 1 unspecified atom stereocenters. The molecule has 1 aliphatic rings. The van der Waals surface area contributed by atoms with Crippen LogP contribution in [-0.4, -0.2) is 81.4 Å². The molecular formula is C12H13Cl2N4O9P. The van der Waals surface area contributed by atoms with E-state index in [9.17, 15) is 19.6 Å². The van der Waals surface area contributed by atoms with Crippen LogP contribution in [0.1, 0.15) is 6.23 Å². The van der Waals surface area contributed by atoms with Crippen LogP contribution in [0.3, 0.4) is 0 Å². The van der Waals surface area contributed by atoms with Crippen LogP contribution in [0.5, 0.6) is 0 Å². The highest BCUT2D eigenvalue weighted by Gasteiger charge is 2.46. The number of ether oxygens (including phenoxy) is 2. The number of aliphatic hydroxyl groups is 2. The van der Waals surface area contributed by atoms with Crippen molar-refractivity contribution in [2.75, 3.05) is 6.61 Å². The summed E-state index contributed by atoms with van der Waals surface area (Å²) in [6.45, 7) is -0.722. The van der Waals surface area contributed by atoms with Gasteiger partial charge in [0.2, 0.25) is 5.28 Å². The van der Waals surface area contributed by atoms with Gasteiger partial charge in [0.15, 0.2) is 17.0 Å². The molecule has 3 heterocycles. The molecule has 0 amide bonds. The third kappa shape index (κ3) is 3.99. The minimum Gasteiger partial charge on any atom is -0.479 e. The van der Waals surface area contributed by atoms with E-state index in [2.05, 4.69) is 15.0 Å². The smallest absolute Gasteiger partial charge is 0.365 e. The van der Waals surface area contributed by atoms with E-state index in [4.69, 9.17) is 47.6 Å². The van der Waals surface area contributed by atoms with Crippen LogP contribution in [0.15, 0.2) is 6.33 Å². The number of aliphatic carboxylic acids is 1. The van der Waals surface area contributed by atoms with Crippen molar-refractivity contribution in [2.24, 2.45) is 0 Å². The first kappa shape index (κ1) is 21.3. The lowest BCUT2D eigenvalue weighted by atomic mass is 10.1. The molecule has 0 radical (unpaired) electrons. The second-order valence-corrected chi connectivity index (χ2v) is 8.11. The lowest BCUT2D eigenvalue weighted by molar-refractivity contribution is -0.149. The van der Waals surface area contributed by atoms with Gasteiger partial charge in [0, 0.05) is 0 Å². The minimum atomic E-state index is -5.11. The Balaban J connectivity index is 1.81. The first-order valence-corrected chi connectivity index (χ1v) is 9.91. The molecule has 3 rings (SSSR count). The fourth-order valence-electron chi connectivity index (χ4n) is 2.64. The summed E-state index contributed by atoms with van der Waals surface area (Å²) in [6.07, 6.45) is -4.44. The quantitative estimate of drug-likeness (QED) is 0.208. The highest BCUT2D eigenvalue weighted by Crippen LogP contribution is 2.42. The lowest BCUT2D eigenvalue weighted by Gasteiger charge is -2.19. The summed E-state index contributed by atoms with van der Waals surface area (Å²) in [6, 6.07) is 0. The van der Waals surface area contributed by atoms with Crippen molar-refractivity contribution in [1.29, 1.82) is 0 Å². The minimum absolute atomic E-state index is 0.0485. The maximum atomic E-state index is 11.2. The van der Waals surface area contributed by atoms with E-state index >= 15 is 0 Å². The van der Waals surface area contributed by atoms with Gasteiger partial charge in [-0.25, -0.2) is 14.8 Å². The van der Waals surface area contributed by atoms with E-state index in [1.807, 2.05) is 0 Å². The molecule has 2 aromatic heterocycles. The van der Waals surface area contributed by atoms with Crippen LogP contribution < -0.4 is 0 Å². The van der Waals surface area contributed by atoms with E-state index in [-0.39, 0.29) is 21.6 Å². The van der Waals surface area contributed by atoms with Crippen LogP contribution in [0.2, 0.25) is 10.4 Å². The number of rotatable bonds is 6. The van der Waals surface area contributed by atoms with Crippen molar-refractivity contribution < 1.29 is 43.9 Å². The number of halogens is 2. The Morgan fingerprint density at radius 1 is 1.32 bits per heavy atom. The number of carboxylic acids is 1. The molecule has 2 aromatic rings. The van der Waals surface area contributed by atoms with Crippen LogP contribution in [0.25, 0.3) is 11.2 Å². The molecule has 13 nitrogen and oxygen atoms in total. The van der Waals surface area contributed by atoms with Gasteiger partial charge < -0.3 is 34.6 Å². The van der Waals surface area contributed by atoms with Crippen molar-refractivity contribution in [3.63, 3.8) is 0 Å². The maximum absolute atomic E-state index is 11.2. The Labute approximate surface area is 165 Å². The molecule has 1 saturated heterocycles. The van der Waals surface area contributed by atoms with Gasteiger partial charge in [-0.15, -0.1) is 0 Å². The predicted octanol–water partition coefficient (Wildman–Crippen LogP) is -0.643. The van der Waals surface area contributed by atoms with Crippen molar-refractivity contribution >= 4 is 47.9 Å². The Hall–Kier alpha value is -1.41. The summed E-state index contributed by atoms with van der Waals surface area (Å²) < 4.78 is 22.6. The fraction of sp³-hybridized carbons (Fsp3) is 0.500. The highest BCUT2D eigenvalue weighted by atomic mass is 35.5. The Kier molecular flexibility index (Phi) is 5.92. The lowest BCUT2D eigenvalue weighted by Crippen LogP contribution is -2.36. The van der Waals surface area contributed by atoms with Gasteiger partial charge in [-0.3, -0.25) is 9.13 Å². The molecule has 28 heavy (non-hydrogen) atoms. The van der Waals surface area contributed by atoms with Gasteiger partial charge in [-0.1, -0.05) is 11.6 Å². The second kappa shape index (κ2) is 7.78.